The van der Waals surface area contributed by atoms with Crippen molar-refractivity contribution in [3.05, 3.63) is 70.4 Å². The average Bonchev–Trinajstić information content (AvgIpc) is 3.66. The number of hydrogen-bond acceptors (Lipinski definition) is 6. The van der Waals surface area contributed by atoms with Crippen LogP contribution in [0.25, 0.3) is 10.1 Å². The Morgan fingerprint density at radius 3 is 2.48 bits per heavy atom. The molecule has 10 nitrogen and oxygen atoms in total. The smallest absolute Gasteiger partial charge is 0.370 e. The number of hydrogen-bond donors (Lipinski definition) is 3. The molecule has 0 bridgehead atoms. The van der Waals surface area contributed by atoms with Crippen molar-refractivity contribution in [2.75, 3.05) is 26.2 Å². The number of amides is 3. The van der Waals surface area contributed by atoms with Crippen LogP contribution >= 0.6 is 18.9 Å². The van der Waals surface area contributed by atoms with Gasteiger partial charge in [0.15, 0.2) is 0 Å². The van der Waals surface area contributed by atoms with E-state index >= 15 is 0 Å². The molecular weight excluding hydrogens is 646 g/mol. The topological polar surface area (TPSA) is 136 Å². The Morgan fingerprint density at radius 2 is 1.80 bits per heavy atom. The van der Waals surface area contributed by atoms with E-state index in [4.69, 9.17) is 14.5 Å². The molecule has 3 N–H and O–H groups in total. The summed E-state index contributed by atoms with van der Waals surface area (Å²) in [6, 6.07) is 8.80. The summed E-state index contributed by atoms with van der Waals surface area (Å²) >= 11 is 0.977. The first-order chi connectivity index (χ1) is 21.5. The van der Waals surface area contributed by atoms with E-state index in [1.54, 1.807) is 43.9 Å². The standard InChI is InChI=1S/C31H35F3N3O7PS/c1-30(2,3)26(35-27(38)25-16-18-15-19(10-11-24(18)46-25)31(33,34)45(41,42)43)29(40)37-12-6-9-22(37)28(39)36-13-14-44-23(17-36)20-7-4-5-8-21(20)32/h4-5,7-8,10-11,15-16,22-23,26H,6,9,12-14,17H2,1-3H3,(H,35,38)(H2,41,42,43)/t22-,23?,26+/m0/s1. The van der Waals surface area contributed by atoms with Gasteiger partial charge in [0.2, 0.25) is 11.8 Å². The first-order valence-electron chi connectivity index (χ1n) is 14.7. The number of morpholine rings is 1. The number of benzene rings is 2. The molecule has 5 rings (SSSR count). The van der Waals surface area contributed by atoms with Crippen LogP contribution in [0, 0.1) is 11.2 Å². The number of thiophene rings is 1. The van der Waals surface area contributed by atoms with Crippen LogP contribution in [0.15, 0.2) is 48.5 Å². The maximum absolute atomic E-state index is 14.4. The number of nitrogens with one attached hydrogen (secondary N) is 1. The van der Waals surface area contributed by atoms with Crippen LogP contribution in [-0.2, 0) is 24.6 Å². The van der Waals surface area contributed by atoms with E-state index in [-0.39, 0.29) is 35.9 Å². The highest BCUT2D eigenvalue weighted by molar-refractivity contribution is 7.52. The van der Waals surface area contributed by atoms with Crippen molar-refractivity contribution in [1.29, 1.82) is 0 Å². The van der Waals surface area contributed by atoms with Gasteiger partial charge < -0.3 is 29.6 Å². The van der Waals surface area contributed by atoms with Gasteiger partial charge in [0.25, 0.3) is 5.91 Å². The van der Waals surface area contributed by atoms with Crippen molar-refractivity contribution in [3.8, 4) is 0 Å². The van der Waals surface area contributed by atoms with Crippen LogP contribution in [0.5, 0.6) is 0 Å². The normalized spacial score (nSPS) is 20.2. The van der Waals surface area contributed by atoms with E-state index in [0.717, 1.165) is 23.5 Å². The largest absolute Gasteiger partial charge is 0.399 e. The molecule has 3 amide bonds. The second-order valence-corrected chi connectivity index (χ2v) is 15.3. The third kappa shape index (κ3) is 6.72. The van der Waals surface area contributed by atoms with Crippen molar-refractivity contribution in [3.63, 3.8) is 0 Å². The van der Waals surface area contributed by atoms with Crippen LogP contribution in [0.2, 0.25) is 0 Å². The molecule has 0 radical (unpaired) electrons. The number of rotatable bonds is 7. The van der Waals surface area contributed by atoms with E-state index in [9.17, 15) is 32.1 Å². The van der Waals surface area contributed by atoms with Crippen LogP contribution < -0.4 is 5.32 Å². The van der Waals surface area contributed by atoms with Gasteiger partial charge in [-0.1, -0.05) is 45.0 Å². The number of alkyl halides is 2. The van der Waals surface area contributed by atoms with Crippen molar-refractivity contribution < 1.29 is 46.6 Å². The van der Waals surface area contributed by atoms with Gasteiger partial charge in [-0.3, -0.25) is 18.9 Å². The summed E-state index contributed by atoms with van der Waals surface area (Å²) in [6.07, 6.45) is 0.354. The van der Waals surface area contributed by atoms with Crippen molar-refractivity contribution >= 4 is 46.7 Å². The van der Waals surface area contributed by atoms with Gasteiger partial charge in [0.1, 0.15) is 24.0 Å². The molecule has 2 aliphatic rings. The Kier molecular flexibility index (Phi) is 9.42. The number of halogens is 3. The highest BCUT2D eigenvalue weighted by Gasteiger charge is 2.50. The predicted molar refractivity (Wildman–Crippen MR) is 165 cm³/mol. The zero-order chi connectivity index (χ0) is 33.6. The average molecular weight is 682 g/mol. The number of nitrogens with zero attached hydrogens (tertiary/aromatic N) is 2. The molecule has 15 heteroatoms. The predicted octanol–water partition coefficient (Wildman–Crippen LogP) is 5.00. The van der Waals surface area contributed by atoms with E-state index in [0.29, 0.717) is 29.6 Å². The molecule has 0 saturated carbocycles. The molecule has 2 aliphatic heterocycles. The molecule has 1 aromatic heterocycles. The van der Waals surface area contributed by atoms with Crippen molar-refractivity contribution in [2.24, 2.45) is 5.41 Å². The van der Waals surface area contributed by atoms with Crippen molar-refractivity contribution in [1.82, 2.24) is 15.1 Å². The number of ether oxygens (including phenoxy) is 1. The molecule has 2 fully saturated rings. The van der Waals surface area contributed by atoms with Gasteiger partial charge in [0, 0.05) is 28.9 Å². The lowest BCUT2D eigenvalue weighted by atomic mass is 9.85. The molecule has 248 valence electrons. The minimum atomic E-state index is -5.78. The first-order valence-corrected chi connectivity index (χ1v) is 17.2. The summed E-state index contributed by atoms with van der Waals surface area (Å²) in [7, 11) is -5.78. The zero-order valence-corrected chi connectivity index (χ0v) is 27.1. The zero-order valence-electron chi connectivity index (χ0n) is 25.4. The molecule has 2 saturated heterocycles. The lowest BCUT2D eigenvalue weighted by Gasteiger charge is -2.38. The van der Waals surface area contributed by atoms with Gasteiger partial charge in [-0.15, -0.1) is 11.3 Å². The maximum atomic E-state index is 14.4. The Bertz CT molecular complexity index is 1710. The molecule has 0 spiro atoms. The summed E-state index contributed by atoms with van der Waals surface area (Å²) in [4.78, 5) is 62.6. The van der Waals surface area contributed by atoms with Crippen LogP contribution in [-0.4, -0.2) is 75.6 Å². The molecule has 2 aromatic carbocycles. The van der Waals surface area contributed by atoms with Crippen LogP contribution in [0.4, 0.5) is 13.2 Å². The highest BCUT2D eigenvalue weighted by atomic mass is 32.1. The van der Waals surface area contributed by atoms with E-state index in [2.05, 4.69) is 5.32 Å². The maximum Gasteiger partial charge on any atom is 0.399 e. The number of fused-ring (bicyclic) bond motifs is 1. The van der Waals surface area contributed by atoms with Crippen LogP contribution in [0.3, 0.4) is 0 Å². The first kappa shape index (κ1) is 34.1. The Hall–Kier alpha value is -3.29. The summed E-state index contributed by atoms with van der Waals surface area (Å²) < 4.78 is 60.5. The lowest BCUT2D eigenvalue weighted by molar-refractivity contribution is -0.150. The highest BCUT2D eigenvalue weighted by Crippen LogP contribution is 2.59. The SMILES string of the molecule is CC(C)(C)[C@H](NC(=O)c1cc2cc(C(F)(F)P(=O)(O)O)ccc2s1)C(=O)N1CCC[C@H]1C(=O)N1CCOC(c2ccccc2F)C1. The molecular formula is C31H35F3N3O7PS. The second kappa shape index (κ2) is 12.7. The Balaban J connectivity index is 1.33. The quantitative estimate of drug-likeness (QED) is 0.299. The Labute approximate surface area is 267 Å². The fourth-order valence-corrected chi connectivity index (χ4v) is 7.22. The monoisotopic (exact) mass is 681 g/mol. The third-order valence-corrected chi connectivity index (χ3v) is 10.4. The van der Waals surface area contributed by atoms with Gasteiger partial charge in [-0.25, -0.2) is 4.39 Å². The number of carbonyl (C=O) groups is 3. The fraction of sp³-hybridized carbons (Fsp3) is 0.452. The van der Waals surface area contributed by atoms with Gasteiger partial charge in [-0.2, -0.15) is 8.78 Å². The third-order valence-electron chi connectivity index (χ3n) is 8.29. The lowest BCUT2D eigenvalue weighted by Crippen LogP contribution is -2.58. The van der Waals surface area contributed by atoms with Gasteiger partial charge >= 0.3 is 13.3 Å². The molecule has 46 heavy (non-hydrogen) atoms. The fourth-order valence-electron chi connectivity index (χ4n) is 5.80. The molecule has 3 atom stereocenters. The molecule has 3 heterocycles. The Morgan fingerprint density at radius 1 is 1.09 bits per heavy atom. The number of carbonyl (C=O) groups excluding carboxylic acids is 3. The van der Waals surface area contributed by atoms with E-state index < -0.39 is 60.1 Å². The minimum absolute atomic E-state index is 0.107. The second-order valence-electron chi connectivity index (χ2n) is 12.6. The molecule has 3 aromatic rings. The summed E-state index contributed by atoms with van der Waals surface area (Å²) in [5.74, 6) is -1.79. The minimum Gasteiger partial charge on any atom is -0.370 e. The van der Waals surface area contributed by atoms with Crippen LogP contribution in [0.1, 0.15) is 60.5 Å². The van der Waals surface area contributed by atoms with E-state index in [1.807, 2.05) is 0 Å². The summed E-state index contributed by atoms with van der Waals surface area (Å²) in [6.45, 7) is 6.24. The van der Waals surface area contributed by atoms with Gasteiger partial charge in [-0.05, 0) is 47.9 Å². The van der Waals surface area contributed by atoms with Gasteiger partial charge in [0.05, 0.1) is 18.0 Å². The molecule has 0 aliphatic carbocycles. The summed E-state index contributed by atoms with van der Waals surface area (Å²) in [5.41, 5.74) is -5.72. The molecule has 1 unspecified atom stereocenters. The summed E-state index contributed by atoms with van der Waals surface area (Å²) in [5, 5.41) is 2.96. The number of likely N-dealkylation sites (tertiary alicyclic amines) is 1. The van der Waals surface area contributed by atoms with Crippen molar-refractivity contribution in [2.45, 2.75) is 57.5 Å². The van der Waals surface area contributed by atoms with E-state index in [1.165, 1.54) is 23.1 Å².